The summed E-state index contributed by atoms with van der Waals surface area (Å²) in [6.45, 7) is 0. The molecule has 0 fully saturated rings. The third kappa shape index (κ3) is 2.53. The van der Waals surface area contributed by atoms with E-state index in [4.69, 9.17) is 39.4 Å². The summed E-state index contributed by atoms with van der Waals surface area (Å²) in [5.74, 6) is -0.269. The Morgan fingerprint density at radius 3 is 2.47 bits per heavy atom. The van der Waals surface area contributed by atoms with E-state index in [0.717, 1.165) is 0 Å². The molecule has 1 atom stereocenters. The van der Waals surface area contributed by atoms with Crippen molar-refractivity contribution in [2.75, 3.05) is 7.11 Å². The Morgan fingerprint density at radius 1 is 1.40 bits per heavy atom. The number of primary amides is 1. The van der Waals surface area contributed by atoms with Gasteiger partial charge in [-0.15, -0.1) is 0 Å². The number of carbonyl (C=O) groups is 1. The van der Waals surface area contributed by atoms with Gasteiger partial charge in [-0.1, -0.05) is 23.2 Å². The van der Waals surface area contributed by atoms with Gasteiger partial charge in [0.05, 0.1) is 12.1 Å². The van der Waals surface area contributed by atoms with Crippen LogP contribution in [0.2, 0.25) is 10.0 Å². The summed E-state index contributed by atoms with van der Waals surface area (Å²) in [5, 5.41) is 0.634. The largest absolute Gasteiger partial charge is 0.495 e. The number of nitrogens with two attached hydrogens (primary N) is 2. The molecule has 0 aliphatic carbocycles. The van der Waals surface area contributed by atoms with Crippen LogP contribution in [0.4, 0.5) is 0 Å². The van der Waals surface area contributed by atoms with Crippen LogP contribution in [0.15, 0.2) is 12.1 Å². The van der Waals surface area contributed by atoms with Crippen molar-refractivity contribution in [2.24, 2.45) is 11.5 Å². The molecule has 0 bridgehead atoms. The molecule has 0 saturated heterocycles. The minimum absolute atomic E-state index is 0.284. The zero-order valence-corrected chi connectivity index (χ0v) is 9.47. The van der Waals surface area contributed by atoms with Crippen LogP contribution in [-0.2, 0) is 4.79 Å². The number of hydrogen-bond acceptors (Lipinski definition) is 3. The van der Waals surface area contributed by atoms with Gasteiger partial charge in [-0.3, -0.25) is 4.79 Å². The fraction of sp³-hybridized carbons (Fsp3) is 0.222. The summed E-state index contributed by atoms with van der Waals surface area (Å²) in [4.78, 5) is 10.9. The summed E-state index contributed by atoms with van der Waals surface area (Å²) < 4.78 is 4.97. The fourth-order valence-electron chi connectivity index (χ4n) is 1.09. The number of ether oxygens (including phenoxy) is 1. The van der Waals surface area contributed by atoms with Crippen LogP contribution in [0.25, 0.3) is 0 Å². The second kappa shape index (κ2) is 4.70. The number of methoxy groups -OCH3 is 1. The van der Waals surface area contributed by atoms with Crippen LogP contribution >= 0.6 is 23.2 Å². The van der Waals surface area contributed by atoms with E-state index in [0.29, 0.717) is 16.3 Å². The lowest BCUT2D eigenvalue weighted by Gasteiger charge is -2.12. The Morgan fingerprint density at radius 2 is 2.00 bits per heavy atom. The van der Waals surface area contributed by atoms with Crippen molar-refractivity contribution in [3.05, 3.63) is 27.7 Å². The SMILES string of the molecule is COc1cc(C(N)C(N)=O)c(Cl)cc1Cl. The highest BCUT2D eigenvalue weighted by molar-refractivity contribution is 6.36. The van der Waals surface area contributed by atoms with Crippen molar-refractivity contribution in [1.82, 2.24) is 0 Å². The molecule has 0 aromatic heterocycles. The molecule has 1 aromatic rings. The topological polar surface area (TPSA) is 78.3 Å². The Hall–Kier alpha value is -0.970. The van der Waals surface area contributed by atoms with E-state index in [1.54, 1.807) is 0 Å². The van der Waals surface area contributed by atoms with Crippen molar-refractivity contribution < 1.29 is 9.53 Å². The first-order chi connectivity index (χ1) is 6.97. The maximum atomic E-state index is 10.9. The Kier molecular flexibility index (Phi) is 3.79. The molecule has 82 valence electrons. The van der Waals surface area contributed by atoms with Crippen molar-refractivity contribution >= 4 is 29.1 Å². The molecule has 1 unspecified atom stereocenters. The minimum atomic E-state index is -0.969. The van der Waals surface area contributed by atoms with Gasteiger partial charge in [-0.2, -0.15) is 0 Å². The van der Waals surface area contributed by atoms with Crippen molar-refractivity contribution in [3.8, 4) is 5.75 Å². The van der Waals surface area contributed by atoms with Gasteiger partial charge in [0, 0.05) is 10.6 Å². The van der Waals surface area contributed by atoms with Crippen LogP contribution in [-0.4, -0.2) is 13.0 Å². The molecular weight excluding hydrogens is 239 g/mol. The van der Waals surface area contributed by atoms with E-state index in [2.05, 4.69) is 0 Å². The summed E-state index contributed by atoms with van der Waals surface area (Å²) in [6, 6.07) is 1.99. The average molecular weight is 249 g/mol. The third-order valence-electron chi connectivity index (χ3n) is 1.91. The van der Waals surface area contributed by atoms with Crippen LogP contribution in [0.5, 0.6) is 5.75 Å². The third-order valence-corrected chi connectivity index (χ3v) is 2.54. The van der Waals surface area contributed by atoms with Gasteiger partial charge in [0.2, 0.25) is 5.91 Å². The first kappa shape index (κ1) is 12.1. The summed E-state index contributed by atoms with van der Waals surface area (Å²) >= 11 is 11.7. The van der Waals surface area contributed by atoms with Crippen LogP contribution < -0.4 is 16.2 Å². The van der Waals surface area contributed by atoms with Crippen molar-refractivity contribution in [3.63, 3.8) is 0 Å². The lowest BCUT2D eigenvalue weighted by atomic mass is 10.1. The average Bonchev–Trinajstić information content (AvgIpc) is 2.17. The number of benzene rings is 1. The zero-order chi connectivity index (χ0) is 11.6. The van der Waals surface area contributed by atoms with Gasteiger partial charge in [-0.25, -0.2) is 0 Å². The van der Waals surface area contributed by atoms with E-state index in [-0.39, 0.29) is 5.02 Å². The number of hydrogen-bond donors (Lipinski definition) is 2. The van der Waals surface area contributed by atoms with Gasteiger partial charge in [-0.05, 0) is 12.1 Å². The molecule has 1 rings (SSSR count). The van der Waals surface area contributed by atoms with E-state index in [1.807, 2.05) is 0 Å². The van der Waals surface area contributed by atoms with E-state index >= 15 is 0 Å². The molecule has 0 saturated carbocycles. The minimum Gasteiger partial charge on any atom is -0.495 e. The molecular formula is C9H10Cl2N2O2. The number of rotatable bonds is 3. The van der Waals surface area contributed by atoms with E-state index in [1.165, 1.54) is 19.2 Å². The van der Waals surface area contributed by atoms with Crippen LogP contribution in [0.1, 0.15) is 11.6 Å². The summed E-state index contributed by atoms with van der Waals surface area (Å²) in [7, 11) is 1.45. The quantitative estimate of drug-likeness (QED) is 0.851. The van der Waals surface area contributed by atoms with E-state index < -0.39 is 11.9 Å². The molecule has 0 radical (unpaired) electrons. The Labute approximate surface area is 97.1 Å². The predicted molar refractivity (Wildman–Crippen MR) is 59.1 cm³/mol. The Bertz CT molecular complexity index is 396. The zero-order valence-electron chi connectivity index (χ0n) is 7.96. The Balaban J connectivity index is 3.24. The molecule has 0 aliphatic rings. The highest BCUT2D eigenvalue weighted by atomic mass is 35.5. The molecule has 1 aromatic carbocycles. The number of carbonyl (C=O) groups excluding carboxylic acids is 1. The highest BCUT2D eigenvalue weighted by Gasteiger charge is 2.18. The van der Waals surface area contributed by atoms with Gasteiger partial charge in [0.1, 0.15) is 11.8 Å². The highest BCUT2D eigenvalue weighted by Crippen LogP contribution is 2.33. The van der Waals surface area contributed by atoms with Crippen molar-refractivity contribution in [2.45, 2.75) is 6.04 Å². The summed E-state index contributed by atoms with van der Waals surface area (Å²) in [5.41, 5.74) is 11.0. The lowest BCUT2D eigenvalue weighted by Crippen LogP contribution is -2.28. The fourth-order valence-corrected chi connectivity index (χ4v) is 1.67. The number of halogens is 2. The molecule has 0 aliphatic heterocycles. The molecule has 4 nitrogen and oxygen atoms in total. The normalized spacial score (nSPS) is 12.3. The molecule has 4 N–H and O–H groups in total. The van der Waals surface area contributed by atoms with Crippen LogP contribution in [0.3, 0.4) is 0 Å². The van der Waals surface area contributed by atoms with Gasteiger partial charge >= 0.3 is 0 Å². The number of amides is 1. The molecule has 1 amide bonds. The molecule has 6 heteroatoms. The maximum absolute atomic E-state index is 10.9. The van der Waals surface area contributed by atoms with Gasteiger partial charge < -0.3 is 16.2 Å². The van der Waals surface area contributed by atoms with E-state index in [9.17, 15) is 4.79 Å². The smallest absolute Gasteiger partial charge is 0.238 e. The molecule has 0 spiro atoms. The monoisotopic (exact) mass is 248 g/mol. The van der Waals surface area contributed by atoms with Gasteiger partial charge in [0.15, 0.2) is 0 Å². The predicted octanol–water partition coefficient (Wildman–Crippen LogP) is 1.49. The maximum Gasteiger partial charge on any atom is 0.238 e. The first-order valence-corrected chi connectivity index (χ1v) is 4.80. The second-order valence-corrected chi connectivity index (χ2v) is 3.70. The lowest BCUT2D eigenvalue weighted by molar-refractivity contribution is -0.119. The second-order valence-electron chi connectivity index (χ2n) is 2.89. The van der Waals surface area contributed by atoms with Gasteiger partial charge in [0.25, 0.3) is 0 Å². The standard InChI is InChI=1S/C9H10Cl2N2O2/c1-15-7-2-4(8(12)9(13)14)5(10)3-6(7)11/h2-3,8H,12H2,1H3,(H2,13,14). The summed E-state index contributed by atoms with van der Waals surface area (Å²) in [6.07, 6.45) is 0. The van der Waals surface area contributed by atoms with Crippen LogP contribution in [0, 0.1) is 0 Å². The van der Waals surface area contributed by atoms with Crippen molar-refractivity contribution in [1.29, 1.82) is 0 Å². The first-order valence-electron chi connectivity index (χ1n) is 4.05. The molecule has 15 heavy (non-hydrogen) atoms. The molecule has 0 heterocycles.